The Labute approximate surface area is 155 Å². The second kappa shape index (κ2) is 8.10. The molecule has 140 valence electrons. The lowest BCUT2D eigenvalue weighted by Crippen LogP contribution is -2.48. The number of hydrogen-bond acceptors (Lipinski definition) is 7. The number of ketones is 1. The van der Waals surface area contributed by atoms with Crippen molar-refractivity contribution in [1.82, 2.24) is 14.9 Å². The number of nitriles is 1. The van der Waals surface area contributed by atoms with Gasteiger partial charge in [-0.05, 0) is 37.6 Å². The van der Waals surface area contributed by atoms with Crippen LogP contribution in [0.5, 0.6) is 0 Å². The van der Waals surface area contributed by atoms with E-state index < -0.39 is 0 Å². The fourth-order valence-corrected chi connectivity index (χ4v) is 3.32. The number of rotatable bonds is 5. The van der Waals surface area contributed by atoms with Crippen molar-refractivity contribution in [1.29, 1.82) is 5.26 Å². The molecule has 0 amide bonds. The van der Waals surface area contributed by atoms with Crippen molar-refractivity contribution in [3.8, 4) is 6.07 Å². The van der Waals surface area contributed by atoms with E-state index in [1.54, 1.807) is 12.1 Å². The summed E-state index contributed by atoms with van der Waals surface area (Å²) in [4.78, 5) is 40.5. The lowest BCUT2D eigenvalue weighted by molar-refractivity contribution is -0.150. The van der Waals surface area contributed by atoms with Crippen molar-refractivity contribution in [2.75, 3.05) is 6.54 Å². The number of benzene rings is 1. The second-order valence-electron chi connectivity index (χ2n) is 6.61. The number of aromatic nitrogens is 2. The van der Waals surface area contributed by atoms with E-state index in [-0.39, 0.29) is 42.4 Å². The van der Waals surface area contributed by atoms with Gasteiger partial charge in [0.05, 0.1) is 41.4 Å². The summed E-state index contributed by atoms with van der Waals surface area (Å²) < 4.78 is 6.54. The molecule has 0 bridgehead atoms. The standard InChI is InChI=1S/C19H20N4O4/c1-12(24)27-18-3-2-6-21-17(18)8-14(25)10-23-11-22-16-5-4-13(9-20)7-15(16)19(23)26/h4-5,7,11,17-18,21H,2-3,6,8,10H2,1H3/t17-,18+/m0/s1. The van der Waals surface area contributed by atoms with Crippen LogP contribution in [0, 0.1) is 11.3 Å². The highest BCUT2D eigenvalue weighted by molar-refractivity contribution is 5.81. The summed E-state index contributed by atoms with van der Waals surface area (Å²) in [5.74, 6) is -0.532. The van der Waals surface area contributed by atoms with E-state index in [4.69, 9.17) is 10.00 Å². The van der Waals surface area contributed by atoms with Crippen LogP contribution in [0.3, 0.4) is 0 Å². The van der Waals surface area contributed by atoms with Gasteiger partial charge in [0.2, 0.25) is 0 Å². The number of esters is 1. The molecule has 1 aliphatic rings. The minimum Gasteiger partial charge on any atom is -0.461 e. The van der Waals surface area contributed by atoms with Gasteiger partial charge in [-0.1, -0.05) is 0 Å². The first-order valence-electron chi connectivity index (χ1n) is 8.79. The molecule has 0 unspecified atom stereocenters. The van der Waals surface area contributed by atoms with Gasteiger partial charge in [-0.25, -0.2) is 4.98 Å². The highest BCUT2D eigenvalue weighted by atomic mass is 16.5. The number of hydrogen-bond donors (Lipinski definition) is 1. The first kappa shape index (κ1) is 18.7. The molecule has 0 radical (unpaired) electrons. The normalized spacial score (nSPS) is 19.4. The summed E-state index contributed by atoms with van der Waals surface area (Å²) in [7, 11) is 0. The summed E-state index contributed by atoms with van der Waals surface area (Å²) in [6, 6.07) is 6.41. The second-order valence-corrected chi connectivity index (χ2v) is 6.61. The first-order valence-corrected chi connectivity index (χ1v) is 8.79. The minimum absolute atomic E-state index is 0.122. The van der Waals surface area contributed by atoms with E-state index in [1.807, 2.05) is 6.07 Å². The Bertz CT molecular complexity index is 976. The summed E-state index contributed by atoms with van der Waals surface area (Å²) >= 11 is 0. The van der Waals surface area contributed by atoms with Gasteiger partial charge in [0, 0.05) is 13.3 Å². The van der Waals surface area contributed by atoms with E-state index >= 15 is 0 Å². The van der Waals surface area contributed by atoms with E-state index in [0.29, 0.717) is 22.9 Å². The molecule has 0 saturated carbocycles. The van der Waals surface area contributed by atoms with E-state index in [1.165, 1.54) is 23.9 Å². The van der Waals surface area contributed by atoms with Gasteiger partial charge >= 0.3 is 5.97 Å². The predicted octanol–water partition coefficient (Wildman–Crippen LogP) is 0.911. The summed E-state index contributed by atoms with van der Waals surface area (Å²) in [5.41, 5.74) is 0.478. The third-order valence-electron chi connectivity index (χ3n) is 4.59. The first-order chi connectivity index (χ1) is 13.0. The highest BCUT2D eigenvalue weighted by Crippen LogP contribution is 2.16. The number of Topliss-reactive ketones (excluding diaryl/α,β-unsaturated/α-hetero) is 1. The Morgan fingerprint density at radius 2 is 2.26 bits per heavy atom. The molecular formula is C19H20N4O4. The smallest absolute Gasteiger partial charge is 0.302 e. The summed E-state index contributed by atoms with van der Waals surface area (Å²) in [6.45, 7) is 1.98. The SMILES string of the molecule is CC(=O)O[C@@H]1CCCN[C@H]1CC(=O)Cn1cnc2ccc(C#N)cc2c1=O. The van der Waals surface area contributed by atoms with Crippen LogP contribution in [0.25, 0.3) is 10.9 Å². The molecule has 2 aromatic rings. The number of ether oxygens (including phenoxy) is 1. The van der Waals surface area contributed by atoms with Gasteiger partial charge in [-0.3, -0.25) is 19.0 Å². The lowest BCUT2D eigenvalue weighted by atomic mass is 9.96. The van der Waals surface area contributed by atoms with Crippen LogP contribution in [0.2, 0.25) is 0 Å². The molecule has 2 heterocycles. The van der Waals surface area contributed by atoms with Gasteiger partial charge in [0.15, 0.2) is 5.78 Å². The van der Waals surface area contributed by atoms with Crippen molar-refractivity contribution in [3.63, 3.8) is 0 Å². The summed E-state index contributed by atoms with van der Waals surface area (Å²) in [6.07, 6.45) is 2.73. The van der Waals surface area contributed by atoms with Crippen LogP contribution in [-0.2, 0) is 20.9 Å². The van der Waals surface area contributed by atoms with Crippen LogP contribution in [0.1, 0.15) is 31.7 Å². The Hall–Kier alpha value is -3.05. The molecule has 0 spiro atoms. The molecule has 1 aliphatic heterocycles. The number of nitrogens with one attached hydrogen (secondary N) is 1. The molecule has 0 aliphatic carbocycles. The van der Waals surface area contributed by atoms with Gasteiger partial charge in [-0.2, -0.15) is 5.26 Å². The Morgan fingerprint density at radius 3 is 3.00 bits per heavy atom. The zero-order valence-corrected chi connectivity index (χ0v) is 15.0. The van der Waals surface area contributed by atoms with Crippen molar-refractivity contribution < 1.29 is 14.3 Å². The molecular weight excluding hydrogens is 348 g/mol. The van der Waals surface area contributed by atoms with Crippen LogP contribution in [0.15, 0.2) is 29.3 Å². The van der Waals surface area contributed by atoms with Crippen LogP contribution < -0.4 is 10.9 Å². The van der Waals surface area contributed by atoms with Gasteiger partial charge < -0.3 is 10.1 Å². The number of piperidine rings is 1. The molecule has 1 aromatic carbocycles. The van der Waals surface area contributed by atoms with Gasteiger partial charge in [-0.15, -0.1) is 0 Å². The molecule has 1 saturated heterocycles. The maximum Gasteiger partial charge on any atom is 0.302 e. The number of nitrogens with zero attached hydrogens (tertiary/aromatic N) is 3. The molecule has 8 nitrogen and oxygen atoms in total. The van der Waals surface area contributed by atoms with E-state index in [0.717, 1.165) is 13.0 Å². The van der Waals surface area contributed by atoms with Crippen LogP contribution >= 0.6 is 0 Å². The van der Waals surface area contributed by atoms with E-state index in [2.05, 4.69) is 10.3 Å². The molecule has 1 aromatic heterocycles. The fraction of sp³-hybridized carbons (Fsp3) is 0.421. The third-order valence-corrected chi connectivity index (χ3v) is 4.59. The molecule has 27 heavy (non-hydrogen) atoms. The molecule has 2 atom stereocenters. The maximum absolute atomic E-state index is 12.6. The average Bonchev–Trinajstić information content (AvgIpc) is 2.65. The van der Waals surface area contributed by atoms with E-state index in [9.17, 15) is 14.4 Å². The average molecular weight is 368 g/mol. The Balaban J connectivity index is 1.75. The Kier molecular flexibility index (Phi) is 5.62. The number of fused-ring (bicyclic) bond motifs is 1. The molecule has 3 rings (SSSR count). The zero-order valence-electron chi connectivity index (χ0n) is 15.0. The zero-order chi connectivity index (χ0) is 19.4. The van der Waals surface area contributed by atoms with Crippen molar-refractivity contribution in [2.24, 2.45) is 0 Å². The van der Waals surface area contributed by atoms with Crippen molar-refractivity contribution in [2.45, 2.75) is 44.9 Å². The fourth-order valence-electron chi connectivity index (χ4n) is 3.32. The summed E-state index contributed by atoms with van der Waals surface area (Å²) in [5, 5.41) is 12.5. The topological polar surface area (TPSA) is 114 Å². The largest absolute Gasteiger partial charge is 0.461 e. The predicted molar refractivity (Wildman–Crippen MR) is 96.9 cm³/mol. The van der Waals surface area contributed by atoms with Crippen molar-refractivity contribution >= 4 is 22.7 Å². The molecule has 8 heteroatoms. The number of carbonyl (C=O) groups is 2. The number of carbonyl (C=O) groups excluding carboxylic acids is 2. The molecule has 1 fully saturated rings. The Morgan fingerprint density at radius 1 is 1.44 bits per heavy atom. The van der Waals surface area contributed by atoms with Crippen LogP contribution in [-0.4, -0.2) is 40.0 Å². The molecule has 1 N–H and O–H groups in total. The highest BCUT2D eigenvalue weighted by Gasteiger charge is 2.29. The van der Waals surface area contributed by atoms with Gasteiger partial charge in [0.1, 0.15) is 6.10 Å². The maximum atomic E-state index is 12.6. The third kappa shape index (κ3) is 4.38. The monoisotopic (exact) mass is 368 g/mol. The quantitative estimate of drug-likeness (QED) is 0.780. The lowest BCUT2D eigenvalue weighted by Gasteiger charge is -2.31. The van der Waals surface area contributed by atoms with Gasteiger partial charge in [0.25, 0.3) is 5.56 Å². The van der Waals surface area contributed by atoms with Crippen molar-refractivity contribution in [3.05, 3.63) is 40.4 Å². The minimum atomic E-state index is -0.371. The van der Waals surface area contributed by atoms with Crippen LogP contribution in [0.4, 0.5) is 0 Å².